The van der Waals surface area contributed by atoms with E-state index < -0.39 is 12.1 Å². The van der Waals surface area contributed by atoms with Gasteiger partial charge < -0.3 is 13.9 Å². The number of aromatic nitrogens is 2. The van der Waals surface area contributed by atoms with Crippen LogP contribution in [0.4, 0.5) is 0 Å². The Balaban J connectivity index is 1.53. The van der Waals surface area contributed by atoms with Crippen molar-refractivity contribution in [1.82, 2.24) is 10.2 Å². The normalized spacial score (nSPS) is 11.6. The summed E-state index contributed by atoms with van der Waals surface area (Å²) in [6, 6.07) is 15.8. The van der Waals surface area contributed by atoms with Crippen molar-refractivity contribution in [2.24, 2.45) is 0 Å². The Morgan fingerprint density at radius 1 is 1.04 bits per heavy atom. The summed E-state index contributed by atoms with van der Waals surface area (Å²) >= 11 is 0. The van der Waals surface area contributed by atoms with E-state index in [4.69, 9.17) is 13.9 Å². The molecular formula is C20H18N2O5. The lowest BCUT2D eigenvalue weighted by molar-refractivity contribution is -0.152. The minimum atomic E-state index is -0.703. The molecule has 2 aromatic carbocycles. The Kier molecular flexibility index (Phi) is 5.61. The van der Waals surface area contributed by atoms with Crippen molar-refractivity contribution in [3.63, 3.8) is 0 Å². The van der Waals surface area contributed by atoms with Gasteiger partial charge in [-0.1, -0.05) is 18.2 Å². The molecule has 0 saturated heterocycles. The summed E-state index contributed by atoms with van der Waals surface area (Å²) in [6.07, 6.45) is -0.703. The number of rotatable bonds is 7. The molecular weight excluding hydrogens is 348 g/mol. The third-order valence-corrected chi connectivity index (χ3v) is 3.73. The summed E-state index contributed by atoms with van der Waals surface area (Å²) in [5.41, 5.74) is 1.36. The van der Waals surface area contributed by atoms with Gasteiger partial charge in [-0.3, -0.25) is 4.79 Å². The van der Waals surface area contributed by atoms with E-state index in [0.717, 1.165) is 5.56 Å². The summed E-state index contributed by atoms with van der Waals surface area (Å²) in [5, 5.41) is 7.89. The quantitative estimate of drug-likeness (QED) is 0.466. The van der Waals surface area contributed by atoms with Crippen molar-refractivity contribution in [2.45, 2.75) is 20.0 Å². The lowest BCUT2D eigenvalue weighted by atomic mass is 10.1. The van der Waals surface area contributed by atoms with E-state index in [1.165, 1.54) is 6.92 Å². The first-order valence-electron chi connectivity index (χ1n) is 8.35. The maximum absolute atomic E-state index is 12.0. The summed E-state index contributed by atoms with van der Waals surface area (Å²) in [7, 11) is 0. The number of ether oxygens (including phenoxy) is 2. The van der Waals surface area contributed by atoms with E-state index in [9.17, 15) is 9.59 Å². The number of Topliss-reactive ketones (excluding diaryl/α,β-unsaturated/α-hetero) is 1. The molecule has 1 aromatic heterocycles. The zero-order valence-corrected chi connectivity index (χ0v) is 14.9. The fourth-order valence-corrected chi connectivity index (χ4v) is 2.31. The van der Waals surface area contributed by atoms with Crippen LogP contribution in [-0.4, -0.2) is 28.6 Å². The average Bonchev–Trinajstić information content (AvgIpc) is 3.18. The van der Waals surface area contributed by atoms with Crippen molar-refractivity contribution in [1.29, 1.82) is 0 Å². The first-order valence-corrected chi connectivity index (χ1v) is 8.35. The Labute approximate surface area is 155 Å². The number of ketones is 1. The standard InChI is InChI=1S/C20H18N2O5/c1-13(23)15-8-10-17(11-9-15)25-12-18(24)26-14(2)19-21-22-20(27-19)16-6-4-3-5-7-16/h3-11,14H,12H2,1-2H3/t14-/m0/s1. The maximum atomic E-state index is 12.0. The van der Waals surface area contributed by atoms with Gasteiger partial charge in [0.15, 0.2) is 18.5 Å². The Bertz CT molecular complexity index is 919. The van der Waals surface area contributed by atoms with Gasteiger partial charge in [0.05, 0.1) is 0 Å². The molecule has 1 atom stereocenters. The first kappa shape index (κ1) is 18.3. The molecule has 0 spiro atoms. The second kappa shape index (κ2) is 8.27. The van der Waals surface area contributed by atoms with Gasteiger partial charge in [-0.05, 0) is 50.2 Å². The van der Waals surface area contributed by atoms with Crippen LogP contribution in [0.2, 0.25) is 0 Å². The molecule has 7 heteroatoms. The molecule has 138 valence electrons. The Morgan fingerprint density at radius 3 is 2.41 bits per heavy atom. The molecule has 3 rings (SSSR count). The molecule has 0 unspecified atom stereocenters. The highest BCUT2D eigenvalue weighted by Gasteiger charge is 2.19. The van der Waals surface area contributed by atoms with Gasteiger partial charge in [0, 0.05) is 11.1 Å². The van der Waals surface area contributed by atoms with Gasteiger partial charge >= 0.3 is 5.97 Å². The predicted octanol–water partition coefficient (Wildman–Crippen LogP) is 3.62. The average molecular weight is 366 g/mol. The molecule has 1 heterocycles. The lowest BCUT2D eigenvalue weighted by Gasteiger charge is -2.10. The molecule has 0 bridgehead atoms. The van der Waals surface area contributed by atoms with E-state index in [1.807, 2.05) is 30.3 Å². The first-order chi connectivity index (χ1) is 13.0. The third-order valence-electron chi connectivity index (χ3n) is 3.73. The minimum absolute atomic E-state index is 0.0378. The van der Waals surface area contributed by atoms with Gasteiger partial charge in [0.2, 0.25) is 5.89 Å². The number of hydrogen-bond donors (Lipinski definition) is 0. The molecule has 7 nitrogen and oxygen atoms in total. The SMILES string of the molecule is CC(=O)c1ccc(OCC(=O)O[C@@H](C)c2nnc(-c3ccccc3)o2)cc1. The number of benzene rings is 2. The fourth-order valence-electron chi connectivity index (χ4n) is 2.31. The highest BCUT2D eigenvalue weighted by atomic mass is 16.6. The topological polar surface area (TPSA) is 91.5 Å². The second-order valence-electron chi connectivity index (χ2n) is 5.81. The van der Waals surface area contributed by atoms with E-state index >= 15 is 0 Å². The molecule has 27 heavy (non-hydrogen) atoms. The molecule has 0 fully saturated rings. The number of hydrogen-bond acceptors (Lipinski definition) is 7. The van der Waals surface area contributed by atoms with Gasteiger partial charge in [-0.2, -0.15) is 0 Å². The molecule has 0 amide bonds. The Hall–Kier alpha value is -3.48. The smallest absolute Gasteiger partial charge is 0.344 e. The zero-order valence-electron chi connectivity index (χ0n) is 14.9. The van der Waals surface area contributed by atoms with Crippen LogP contribution in [0.25, 0.3) is 11.5 Å². The van der Waals surface area contributed by atoms with E-state index in [2.05, 4.69) is 10.2 Å². The minimum Gasteiger partial charge on any atom is -0.482 e. The van der Waals surface area contributed by atoms with Crippen molar-refractivity contribution in [3.05, 3.63) is 66.1 Å². The van der Waals surface area contributed by atoms with E-state index in [1.54, 1.807) is 31.2 Å². The highest BCUT2D eigenvalue weighted by Crippen LogP contribution is 2.22. The van der Waals surface area contributed by atoms with Crippen LogP contribution in [0.1, 0.15) is 36.2 Å². The van der Waals surface area contributed by atoms with Crippen LogP contribution >= 0.6 is 0 Å². The fraction of sp³-hybridized carbons (Fsp3) is 0.200. The second-order valence-corrected chi connectivity index (χ2v) is 5.81. The number of nitrogens with zero attached hydrogens (tertiary/aromatic N) is 2. The van der Waals surface area contributed by atoms with Crippen LogP contribution in [0.15, 0.2) is 59.0 Å². The summed E-state index contributed by atoms with van der Waals surface area (Å²) in [6.45, 7) is 2.85. The molecule has 0 saturated carbocycles. The molecule has 3 aromatic rings. The van der Waals surface area contributed by atoms with Crippen LogP contribution in [-0.2, 0) is 9.53 Å². The Morgan fingerprint density at radius 2 is 1.74 bits per heavy atom. The highest BCUT2D eigenvalue weighted by molar-refractivity contribution is 5.94. The molecule has 0 radical (unpaired) electrons. The molecule has 0 N–H and O–H groups in total. The van der Waals surface area contributed by atoms with Gasteiger partial charge in [0.25, 0.3) is 5.89 Å². The number of carbonyl (C=O) groups excluding carboxylic acids is 2. The van der Waals surface area contributed by atoms with Crippen LogP contribution < -0.4 is 4.74 Å². The summed E-state index contributed by atoms with van der Waals surface area (Å²) < 4.78 is 16.2. The summed E-state index contributed by atoms with van der Waals surface area (Å²) in [4.78, 5) is 23.2. The van der Waals surface area contributed by atoms with Gasteiger partial charge in [-0.25, -0.2) is 4.79 Å². The predicted molar refractivity (Wildman–Crippen MR) is 96.2 cm³/mol. The van der Waals surface area contributed by atoms with Crippen molar-refractivity contribution < 1.29 is 23.5 Å². The van der Waals surface area contributed by atoms with Crippen LogP contribution in [0.5, 0.6) is 5.75 Å². The maximum Gasteiger partial charge on any atom is 0.344 e. The molecule has 0 aliphatic carbocycles. The van der Waals surface area contributed by atoms with Crippen molar-refractivity contribution >= 4 is 11.8 Å². The molecule has 0 aliphatic heterocycles. The van der Waals surface area contributed by atoms with E-state index in [-0.39, 0.29) is 18.3 Å². The summed E-state index contributed by atoms with van der Waals surface area (Å²) in [5.74, 6) is 0.416. The van der Waals surface area contributed by atoms with Crippen LogP contribution in [0, 0.1) is 0 Å². The lowest BCUT2D eigenvalue weighted by Crippen LogP contribution is -2.17. The monoisotopic (exact) mass is 366 g/mol. The number of carbonyl (C=O) groups is 2. The van der Waals surface area contributed by atoms with E-state index in [0.29, 0.717) is 17.2 Å². The largest absolute Gasteiger partial charge is 0.482 e. The van der Waals surface area contributed by atoms with Crippen LogP contribution in [0.3, 0.4) is 0 Å². The molecule has 0 aliphatic rings. The number of esters is 1. The van der Waals surface area contributed by atoms with Crippen molar-refractivity contribution in [2.75, 3.05) is 6.61 Å². The van der Waals surface area contributed by atoms with Crippen molar-refractivity contribution in [3.8, 4) is 17.2 Å². The van der Waals surface area contributed by atoms with Gasteiger partial charge in [-0.15, -0.1) is 10.2 Å². The van der Waals surface area contributed by atoms with Gasteiger partial charge in [0.1, 0.15) is 5.75 Å². The zero-order chi connectivity index (χ0) is 19.2. The third kappa shape index (κ3) is 4.78.